The molecule has 24 heteroatoms. The first-order valence-corrected chi connectivity index (χ1v) is 29.7. The molecule has 0 radical (unpaired) electrons. The van der Waals surface area contributed by atoms with Gasteiger partial charge in [0.05, 0.1) is 48.2 Å². The number of esters is 1. The van der Waals surface area contributed by atoms with E-state index in [-0.39, 0.29) is 100 Å². The van der Waals surface area contributed by atoms with Crippen LogP contribution in [-0.4, -0.2) is 67.5 Å². The van der Waals surface area contributed by atoms with E-state index in [9.17, 15) is 58.4 Å². The molecule has 0 bridgehead atoms. The number of carbonyl (C=O) groups excluding carboxylic acids is 2. The highest BCUT2D eigenvalue weighted by atomic mass is 35.5. The van der Waals surface area contributed by atoms with Crippen LogP contribution in [0.25, 0.3) is 11.6 Å². The minimum atomic E-state index is -5.27. The number of rotatable bonds is 16. The van der Waals surface area contributed by atoms with E-state index in [0.29, 0.717) is 49.7 Å². The second-order valence-corrected chi connectivity index (χ2v) is 26.9. The summed E-state index contributed by atoms with van der Waals surface area (Å²) in [7, 11) is -15.1. The van der Waals surface area contributed by atoms with Gasteiger partial charge in [-0.15, -0.1) is 11.8 Å². The standard InChI is InChI=1S/C49H47Cl5O15S4/c1-22-17-48(3,4)19-30-26(22)15-28-35(29-16-27-23(2)18-49(5,6)20-31(27)46(73(65,66)67)42(29)69-41(28)45(30)72(62,63)64)36-37(47(57)58)38(52)40(54)44(39(36)53)70-21-24(55)11-9-7-8-10-12-34(56)68-43-32(50)13-25(14-33(43)51)71(59,60)61/h13-16,19,22-23H,1,7-12,17-18,20-21H2,2-6H3,(H3-,57,58,59,60,61,62,63,64,65,66,67)/p+1. The third kappa shape index (κ3) is 11.7. The number of thioether (sulfide) groups is 1. The van der Waals surface area contributed by atoms with Gasteiger partial charge in [0, 0.05) is 56.9 Å². The second kappa shape index (κ2) is 20.8. The Bertz CT molecular complexity index is 3520. The number of ether oxygens (including phenoxy) is 2. The van der Waals surface area contributed by atoms with Gasteiger partial charge in [-0.3, -0.25) is 23.2 Å². The van der Waals surface area contributed by atoms with Crippen LogP contribution < -0.4 is 19.9 Å². The van der Waals surface area contributed by atoms with Crippen molar-refractivity contribution < 1.29 is 67.9 Å². The van der Waals surface area contributed by atoms with Crippen molar-refractivity contribution in [1.29, 1.82) is 0 Å². The van der Waals surface area contributed by atoms with Gasteiger partial charge in [0.25, 0.3) is 30.4 Å². The number of aromatic carboxylic acids is 1. The summed E-state index contributed by atoms with van der Waals surface area (Å²) >= 11 is 33.9. The van der Waals surface area contributed by atoms with Crippen molar-refractivity contribution in [2.75, 3.05) is 5.75 Å². The largest absolute Gasteiger partial charge is 0.478 e. The molecule has 0 saturated heterocycles. The van der Waals surface area contributed by atoms with E-state index in [4.69, 9.17) is 67.5 Å². The molecule has 4 aromatic carbocycles. The Morgan fingerprint density at radius 2 is 1.38 bits per heavy atom. The first-order valence-electron chi connectivity index (χ1n) is 22.5. The normalized spacial score (nSPS) is 17.8. The number of carboxylic acids is 1. The number of halogens is 5. The molecule has 0 amide bonds. The number of Topliss-reactive ketones (excluding diaryl/α,β-unsaturated/α-hetero) is 1. The Morgan fingerprint density at radius 1 is 0.781 bits per heavy atom. The summed E-state index contributed by atoms with van der Waals surface area (Å²) in [5.74, 6) is -5.25. The zero-order valence-corrected chi connectivity index (χ0v) is 46.7. The molecule has 1 aliphatic heterocycles. The maximum atomic E-state index is 13.7. The molecule has 1 heterocycles. The summed E-state index contributed by atoms with van der Waals surface area (Å²) in [6.07, 6.45) is 4.43. The summed E-state index contributed by atoms with van der Waals surface area (Å²) in [4.78, 5) is 37.4. The number of fused-ring (bicyclic) bond motifs is 4. The fourth-order valence-corrected chi connectivity index (χ4v) is 15.1. The highest BCUT2D eigenvalue weighted by molar-refractivity contribution is 8.00. The molecule has 2 aliphatic carbocycles. The molecular formula is C49H48Cl5O15S4+. The van der Waals surface area contributed by atoms with Crippen molar-refractivity contribution in [2.24, 2.45) is 10.8 Å². The van der Waals surface area contributed by atoms with Gasteiger partial charge in [-0.1, -0.05) is 112 Å². The number of hydrogen-bond acceptors (Lipinski definition) is 12. The molecule has 7 rings (SSSR count). The number of unbranched alkanes of at least 4 members (excludes halogenated alkanes) is 3. The van der Waals surface area contributed by atoms with E-state index >= 15 is 0 Å². The van der Waals surface area contributed by atoms with Gasteiger partial charge in [0.15, 0.2) is 17.2 Å². The van der Waals surface area contributed by atoms with Crippen LogP contribution in [0.1, 0.15) is 136 Å². The number of hydrogen-bond donors (Lipinski definition) is 4. The summed E-state index contributed by atoms with van der Waals surface area (Å²) in [6.45, 7) is 13.7. The molecule has 0 spiro atoms. The molecule has 2 atom stereocenters. The van der Waals surface area contributed by atoms with Crippen molar-refractivity contribution in [3.63, 3.8) is 0 Å². The van der Waals surface area contributed by atoms with E-state index in [1.807, 2.05) is 34.6 Å². The van der Waals surface area contributed by atoms with E-state index in [0.717, 1.165) is 23.9 Å². The molecule has 73 heavy (non-hydrogen) atoms. The Hall–Kier alpha value is -3.57. The first-order chi connectivity index (χ1) is 33.6. The number of carboxylic acid groups (broad SMARTS) is 1. The second-order valence-electron chi connectivity index (χ2n) is 19.9. The molecule has 2 unspecified atom stereocenters. The Morgan fingerprint density at radius 3 is 1.96 bits per heavy atom. The SMILES string of the molecule is [CH2+]C1CC(C)(C)C=c2c1cc1c(c2S(=O)(=O)O)Oc2c(cc3c(c2S(=O)(=O)O)CC(C)(C)CC3C)C=1c1c(Cl)c(SCC(=O)CCCCCCC(=O)Oc2c(Cl)cc(S(=O)(=O)O)cc2Cl)c(Cl)c(Cl)c1C(=O)O. The van der Waals surface area contributed by atoms with E-state index < -0.39 is 95.8 Å². The van der Waals surface area contributed by atoms with E-state index in [1.165, 1.54) is 6.07 Å². The monoisotopic (exact) mass is 1180 g/mol. The van der Waals surface area contributed by atoms with Crippen LogP contribution in [0.15, 0.2) is 43.8 Å². The Balaban J connectivity index is 1.28. The molecule has 0 saturated carbocycles. The van der Waals surface area contributed by atoms with E-state index in [1.54, 1.807) is 12.1 Å². The van der Waals surface area contributed by atoms with Gasteiger partial charge in [-0.05, 0) is 77.8 Å². The topological polar surface area (TPSA) is 253 Å². The van der Waals surface area contributed by atoms with Crippen LogP contribution in [-0.2, 0) is 46.4 Å². The minimum Gasteiger partial charge on any atom is -0.478 e. The lowest BCUT2D eigenvalue weighted by Gasteiger charge is -2.38. The lowest BCUT2D eigenvalue weighted by molar-refractivity contribution is -0.134. The lowest BCUT2D eigenvalue weighted by Crippen LogP contribution is -2.35. The van der Waals surface area contributed by atoms with Crippen molar-refractivity contribution in [3.05, 3.63) is 100 Å². The summed E-state index contributed by atoms with van der Waals surface area (Å²) in [5.41, 5.74) is -1.47. The molecular weight excluding hydrogens is 1130 g/mol. The molecule has 392 valence electrons. The van der Waals surface area contributed by atoms with Crippen LogP contribution >= 0.6 is 69.8 Å². The Kier molecular flexibility index (Phi) is 16.2. The maximum Gasteiger partial charge on any atom is 0.337 e. The average molecular weight is 1180 g/mol. The molecule has 4 N–H and O–H groups in total. The first kappa shape index (κ1) is 57.1. The van der Waals surface area contributed by atoms with Gasteiger partial charge in [-0.2, -0.15) is 25.3 Å². The fourth-order valence-electron chi connectivity index (χ4n) is 10.1. The molecule has 4 aromatic rings. The average Bonchev–Trinajstić information content (AvgIpc) is 3.23. The van der Waals surface area contributed by atoms with Crippen LogP contribution in [0, 0.1) is 17.8 Å². The lowest BCUT2D eigenvalue weighted by atomic mass is 9.69. The van der Waals surface area contributed by atoms with E-state index in [2.05, 4.69) is 6.92 Å². The van der Waals surface area contributed by atoms with Crippen LogP contribution in [0.2, 0.25) is 25.1 Å². The summed E-state index contributed by atoms with van der Waals surface area (Å²) in [6, 6.07) is 4.90. The van der Waals surface area contributed by atoms with Crippen molar-refractivity contribution >= 4 is 129 Å². The molecule has 15 nitrogen and oxygen atoms in total. The number of benzene rings is 4. The van der Waals surface area contributed by atoms with Gasteiger partial charge >= 0.3 is 11.9 Å². The Labute approximate surface area is 451 Å². The third-order valence-corrected chi connectivity index (χ3v) is 18.8. The van der Waals surface area contributed by atoms with Crippen molar-refractivity contribution in [2.45, 2.75) is 124 Å². The zero-order valence-electron chi connectivity index (χ0n) is 39.6. The van der Waals surface area contributed by atoms with Crippen LogP contribution in [0.3, 0.4) is 0 Å². The van der Waals surface area contributed by atoms with Gasteiger partial charge in [-0.25, -0.2) is 4.79 Å². The third-order valence-electron chi connectivity index (χ3n) is 12.9. The minimum absolute atomic E-state index is 0.0253. The van der Waals surface area contributed by atoms with Crippen LogP contribution in [0.4, 0.5) is 0 Å². The zero-order chi connectivity index (χ0) is 54.2. The highest BCUT2D eigenvalue weighted by Gasteiger charge is 2.43. The number of ketones is 1. The quantitative estimate of drug-likeness (QED) is 0.0136. The van der Waals surface area contributed by atoms with Gasteiger partial charge < -0.3 is 14.6 Å². The van der Waals surface area contributed by atoms with Crippen LogP contribution in [0.5, 0.6) is 17.2 Å². The molecule has 0 aromatic heterocycles. The van der Waals surface area contributed by atoms with Crippen molar-refractivity contribution in [1.82, 2.24) is 0 Å². The predicted octanol–water partition coefficient (Wildman–Crippen LogP) is 11.6. The summed E-state index contributed by atoms with van der Waals surface area (Å²) < 4.78 is 121. The maximum absolute atomic E-state index is 13.7. The van der Waals surface area contributed by atoms with Crippen molar-refractivity contribution in [3.8, 4) is 17.2 Å². The predicted molar refractivity (Wildman–Crippen MR) is 279 cm³/mol. The summed E-state index contributed by atoms with van der Waals surface area (Å²) in [5, 5.41) is 9.01. The van der Waals surface area contributed by atoms with Gasteiger partial charge in [0.2, 0.25) is 0 Å². The molecule has 0 fully saturated rings. The van der Waals surface area contributed by atoms with Gasteiger partial charge in [0.1, 0.15) is 21.5 Å². The smallest absolute Gasteiger partial charge is 0.337 e. The number of carbonyl (C=O) groups is 3. The highest BCUT2D eigenvalue weighted by Crippen LogP contribution is 2.54. The fraction of sp³-hybridized carbons (Fsp3) is 0.388. The molecule has 3 aliphatic rings.